The van der Waals surface area contributed by atoms with Gasteiger partial charge >= 0.3 is 0 Å². The summed E-state index contributed by atoms with van der Waals surface area (Å²) in [6.45, 7) is 0. The third-order valence-corrected chi connectivity index (χ3v) is 2.54. The molecule has 0 fully saturated rings. The van der Waals surface area contributed by atoms with Gasteiger partial charge in [-0.05, 0) is 23.3 Å². The van der Waals surface area contributed by atoms with Gasteiger partial charge in [0, 0.05) is 11.4 Å². The molecule has 2 nitrogen and oxygen atoms in total. The van der Waals surface area contributed by atoms with Gasteiger partial charge < -0.3 is 10.8 Å². The monoisotopic (exact) mass is 183 g/mol. The molecule has 0 amide bonds. The molecule has 0 heterocycles. The van der Waals surface area contributed by atoms with Gasteiger partial charge in [0.1, 0.15) is 0 Å². The van der Waals surface area contributed by atoms with Crippen molar-refractivity contribution in [2.24, 2.45) is 5.73 Å². The quantitative estimate of drug-likeness (QED) is 0.636. The number of fused-ring (bicyclic) bond motifs is 1. The number of benzene rings is 1. The molecule has 0 aliphatic heterocycles. The molecule has 1 aromatic carbocycles. The van der Waals surface area contributed by atoms with Crippen molar-refractivity contribution in [1.82, 2.24) is 0 Å². The summed E-state index contributed by atoms with van der Waals surface area (Å²) in [4.78, 5) is 0. The summed E-state index contributed by atoms with van der Waals surface area (Å²) in [7, 11) is 0. The first-order chi connectivity index (χ1) is 5.68. The number of hydrogen-bond donors (Lipinski definition) is 2. The third-order valence-electron chi connectivity index (χ3n) is 2.31. The first-order valence-electron chi connectivity index (χ1n) is 3.90. The van der Waals surface area contributed by atoms with Crippen LogP contribution >= 0.6 is 11.6 Å². The number of aliphatic hydroxyl groups is 1. The molecule has 2 atom stereocenters. The Balaban J connectivity index is 2.47. The predicted octanol–water partition coefficient (Wildman–Crippen LogP) is 1.26. The Morgan fingerprint density at radius 3 is 3.00 bits per heavy atom. The van der Waals surface area contributed by atoms with Gasteiger partial charge in [0.15, 0.2) is 0 Å². The second kappa shape index (κ2) is 2.73. The van der Waals surface area contributed by atoms with Crippen LogP contribution in [0.2, 0.25) is 5.02 Å². The lowest BCUT2D eigenvalue weighted by molar-refractivity contribution is 0.158. The average Bonchev–Trinajstić information content (AvgIpc) is 2.28. The second-order valence-corrected chi connectivity index (χ2v) is 3.58. The van der Waals surface area contributed by atoms with Crippen molar-refractivity contribution in [3.8, 4) is 0 Å². The SMILES string of the molecule is N[C@@H]1c2ccc(Cl)cc2C[C@@H]1O. The fraction of sp³-hybridized carbons (Fsp3) is 0.333. The van der Waals surface area contributed by atoms with Crippen molar-refractivity contribution in [2.45, 2.75) is 18.6 Å². The van der Waals surface area contributed by atoms with Crippen LogP contribution in [0.5, 0.6) is 0 Å². The van der Waals surface area contributed by atoms with E-state index in [9.17, 15) is 5.11 Å². The molecule has 64 valence electrons. The van der Waals surface area contributed by atoms with E-state index in [-0.39, 0.29) is 6.04 Å². The Morgan fingerprint density at radius 2 is 2.25 bits per heavy atom. The van der Waals surface area contributed by atoms with Crippen molar-refractivity contribution >= 4 is 11.6 Å². The normalized spacial score (nSPS) is 27.2. The molecular weight excluding hydrogens is 174 g/mol. The minimum atomic E-state index is -0.446. The van der Waals surface area contributed by atoms with E-state index in [0.717, 1.165) is 11.1 Å². The van der Waals surface area contributed by atoms with Gasteiger partial charge in [0.05, 0.1) is 12.1 Å². The molecule has 3 N–H and O–H groups in total. The van der Waals surface area contributed by atoms with Crippen molar-refractivity contribution < 1.29 is 5.11 Å². The molecule has 12 heavy (non-hydrogen) atoms. The van der Waals surface area contributed by atoms with Crippen LogP contribution in [0.25, 0.3) is 0 Å². The van der Waals surface area contributed by atoms with Gasteiger partial charge in [0.2, 0.25) is 0 Å². The van der Waals surface area contributed by atoms with Gasteiger partial charge in [-0.1, -0.05) is 17.7 Å². The Bertz CT molecular complexity index is 313. The Labute approximate surface area is 76.0 Å². The lowest BCUT2D eigenvalue weighted by atomic mass is 10.1. The number of hydrogen-bond acceptors (Lipinski definition) is 2. The summed E-state index contributed by atoms with van der Waals surface area (Å²) in [6.07, 6.45) is 0.176. The smallest absolute Gasteiger partial charge is 0.0773 e. The van der Waals surface area contributed by atoms with Crippen molar-refractivity contribution in [1.29, 1.82) is 0 Å². The topological polar surface area (TPSA) is 46.2 Å². The molecular formula is C9H10ClNO. The molecule has 0 saturated carbocycles. The molecule has 1 aliphatic rings. The van der Waals surface area contributed by atoms with E-state index in [1.807, 2.05) is 12.1 Å². The fourth-order valence-electron chi connectivity index (χ4n) is 1.64. The molecule has 0 saturated heterocycles. The summed E-state index contributed by atoms with van der Waals surface area (Å²) in [5, 5.41) is 10.1. The molecule has 0 spiro atoms. The highest BCUT2D eigenvalue weighted by Gasteiger charge is 2.27. The van der Waals surface area contributed by atoms with E-state index in [1.165, 1.54) is 0 Å². The first-order valence-corrected chi connectivity index (χ1v) is 4.28. The number of nitrogens with two attached hydrogens (primary N) is 1. The maximum atomic E-state index is 9.44. The van der Waals surface area contributed by atoms with Gasteiger partial charge in [-0.2, -0.15) is 0 Å². The number of aliphatic hydroxyl groups excluding tert-OH is 1. The Hall–Kier alpha value is -0.570. The Kier molecular flexibility index (Phi) is 1.83. The molecule has 0 radical (unpaired) electrons. The van der Waals surface area contributed by atoms with E-state index >= 15 is 0 Å². The van der Waals surface area contributed by atoms with Crippen LogP contribution in [0, 0.1) is 0 Å². The molecule has 0 bridgehead atoms. The Morgan fingerprint density at radius 1 is 1.50 bits per heavy atom. The van der Waals surface area contributed by atoms with Crippen LogP contribution in [-0.2, 0) is 6.42 Å². The highest BCUT2D eigenvalue weighted by Crippen LogP contribution is 2.31. The van der Waals surface area contributed by atoms with Gasteiger partial charge in [0.25, 0.3) is 0 Å². The lowest BCUT2D eigenvalue weighted by Gasteiger charge is -2.07. The van der Waals surface area contributed by atoms with E-state index in [1.54, 1.807) is 6.07 Å². The predicted molar refractivity (Wildman–Crippen MR) is 48.1 cm³/mol. The van der Waals surface area contributed by atoms with Crippen molar-refractivity contribution in [2.75, 3.05) is 0 Å². The summed E-state index contributed by atoms with van der Waals surface area (Å²) in [5.74, 6) is 0. The zero-order chi connectivity index (χ0) is 8.72. The van der Waals surface area contributed by atoms with E-state index in [2.05, 4.69) is 0 Å². The molecule has 2 rings (SSSR count). The molecule has 1 aromatic rings. The zero-order valence-electron chi connectivity index (χ0n) is 6.50. The van der Waals surface area contributed by atoms with Crippen molar-refractivity contribution in [3.63, 3.8) is 0 Å². The van der Waals surface area contributed by atoms with Crippen LogP contribution in [0.3, 0.4) is 0 Å². The minimum absolute atomic E-state index is 0.239. The highest BCUT2D eigenvalue weighted by molar-refractivity contribution is 6.30. The first kappa shape index (κ1) is 8.05. The largest absolute Gasteiger partial charge is 0.391 e. The fourth-order valence-corrected chi connectivity index (χ4v) is 1.83. The molecule has 3 heteroatoms. The third kappa shape index (κ3) is 1.12. The number of halogens is 1. The number of rotatable bonds is 0. The average molecular weight is 184 g/mol. The second-order valence-electron chi connectivity index (χ2n) is 3.14. The zero-order valence-corrected chi connectivity index (χ0v) is 7.25. The van der Waals surface area contributed by atoms with E-state index in [4.69, 9.17) is 17.3 Å². The standard InChI is InChI=1S/C9H10ClNO/c10-6-1-2-7-5(3-6)4-8(12)9(7)11/h1-3,8-9,12H,4,11H2/t8-,9+/m0/s1. The maximum Gasteiger partial charge on any atom is 0.0773 e. The van der Waals surface area contributed by atoms with Crippen LogP contribution in [0.1, 0.15) is 17.2 Å². The molecule has 0 unspecified atom stereocenters. The lowest BCUT2D eigenvalue weighted by Crippen LogP contribution is -2.21. The molecule has 0 aromatic heterocycles. The summed E-state index contributed by atoms with van der Waals surface area (Å²) >= 11 is 5.80. The van der Waals surface area contributed by atoms with Gasteiger partial charge in [-0.3, -0.25) is 0 Å². The van der Waals surface area contributed by atoms with E-state index in [0.29, 0.717) is 11.4 Å². The molecule has 1 aliphatic carbocycles. The summed E-state index contributed by atoms with van der Waals surface area (Å²) in [5.41, 5.74) is 7.84. The van der Waals surface area contributed by atoms with Gasteiger partial charge in [-0.15, -0.1) is 0 Å². The van der Waals surface area contributed by atoms with Crippen LogP contribution in [0.15, 0.2) is 18.2 Å². The maximum absolute atomic E-state index is 9.44. The van der Waals surface area contributed by atoms with E-state index < -0.39 is 6.10 Å². The van der Waals surface area contributed by atoms with Crippen LogP contribution in [-0.4, -0.2) is 11.2 Å². The summed E-state index contributed by atoms with van der Waals surface area (Å²) < 4.78 is 0. The minimum Gasteiger partial charge on any atom is -0.391 e. The van der Waals surface area contributed by atoms with Gasteiger partial charge in [-0.25, -0.2) is 0 Å². The van der Waals surface area contributed by atoms with Crippen molar-refractivity contribution in [3.05, 3.63) is 34.3 Å². The van der Waals surface area contributed by atoms with Crippen LogP contribution in [0.4, 0.5) is 0 Å². The van der Waals surface area contributed by atoms with Crippen LogP contribution < -0.4 is 5.73 Å². The highest BCUT2D eigenvalue weighted by atomic mass is 35.5. The summed E-state index contributed by atoms with van der Waals surface area (Å²) in [6, 6.07) is 5.32.